The molecule has 4 aliphatic rings. The highest BCUT2D eigenvalue weighted by atomic mass is 16.4. The van der Waals surface area contributed by atoms with Crippen molar-refractivity contribution in [3.05, 3.63) is 23.3 Å². The molecule has 0 radical (unpaired) electrons. The summed E-state index contributed by atoms with van der Waals surface area (Å²) in [5.74, 6) is 2.57. The maximum absolute atomic E-state index is 11.3. The largest absolute Gasteiger partial charge is 0.478 e. The fraction of sp³-hybridized carbons (Fsp3) is 0.706. The Morgan fingerprint density at radius 1 is 1.24 bits per heavy atom. The van der Waals surface area contributed by atoms with Crippen LogP contribution in [0.15, 0.2) is 6.20 Å². The second kappa shape index (κ2) is 4.52. The van der Waals surface area contributed by atoms with E-state index in [9.17, 15) is 9.90 Å². The van der Waals surface area contributed by atoms with Gasteiger partial charge in [-0.3, -0.25) is 0 Å². The molecule has 0 saturated heterocycles. The van der Waals surface area contributed by atoms with E-state index in [1.165, 1.54) is 38.5 Å². The number of carboxylic acid groups (broad SMARTS) is 1. The summed E-state index contributed by atoms with van der Waals surface area (Å²) in [5, 5.41) is 9.24. The molecule has 0 unspecified atom stereocenters. The summed E-state index contributed by atoms with van der Waals surface area (Å²) in [5.41, 5.74) is 1.12. The van der Waals surface area contributed by atoms with Crippen LogP contribution in [0.4, 0.5) is 0 Å². The van der Waals surface area contributed by atoms with Crippen LogP contribution >= 0.6 is 0 Å². The molecule has 4 nitrogen and oxygen atoms in total. The molecular weight excluding hydrogens is 264 g/mol. The van der Waals surface area contributed by atoms with Gasteiger partial charge in [0.1, 0.15) is 5.82 Å². The molecule has 0 spiro atoms. The first-order valence-corrected chi connectivity index (χ1v) is 8.19. The zero-order chi connectivity index (χ0) is 14.6. The molecule has 4 fully saturated rings. The van der Waals surface area contributed by atoms with Crippen LogP contribution in [0.5, 0.6) is 0 Å². The Balaban J connectivity index is 1.75. The second-order valence-corrected chi connectivity index (χ2v) is 7.41. The van der Waals surface area contributed by atoms with Crippen LogP contribution < -0.4 is 0 Å². The molecule has 4 bridgehead atoms. The van der Waals surface area contributed by atoms with Crippen LogP contribution in [0, 0.1) is 17.8 Å². The molecule has 4 heteroatoms. The Hall–Kier alpha value is -1.45. The number of aromatic nitrogens is 2. The number of aromatic carboxylic acids is 1. The van der Waals surface area contributed by atoms with Gasteiger partial charge in [-0.2, -0.15) is 0 Å². The summed E-state index contributed by atoms with van der Waals surface area (Å²) in [7, 11) is 0. The molecule has 5 rings (SSSR count). The molecule has 0 aromatic carbocycles. The first-order chi connectivity index (χ1) is 10.1. The number of rotatable bonds is 3. The zero-order valence-corrected chi connectivity index (χ0v) is 12.5. The van der Waals surface area contributed by atoms with Crippen molar-refractivity contribution in [1.82, 2.24) is 9.97 Å². The molecule has 1 aromatic heterocycles. The summed E-state index contributed by atoms with van der Waals surface area (Å²) in [6.07, 6.45) is 10.0. The summed E-state index contributed by atoms with van der Waals surface area (Å²) >= 11 is 0. The van der Waals surface area contributed by atoms with Gasteiger partial charge in [-0.1, -0.05) is 6.92 Å². The maximum atomic E-state index is 11.3. The average molecular weight is 286 g/mol. The summed E-state index contributed by atoms with van der Waals surface area (Å²) in [6, 6.07) is 0. The van der Waals surface area contributed by atoms with E-state index >= 15 is 0 Å². The van der Waals surface area contributed by atoms with Gasteiger partial charge in [0, 0.05) is 11.6 Å². The van der Waals surface area contributed by atoms with E-state index in [1.54, 1.807) is 6.20 Å². The second-order valence-electron chi connectivity index (χ2n) is 7.41. The van der Waals surface area contributed by atoms with Gasteiger partial charge in [-0.25, -0.2) is 14.8 Å². The van der Waals surface area contributed by atoms with E-state index in [0.29, 0.717) is 12.1 Å². The van der Waals surface area contributed by atoms with Crippen LogP contribution in [0.1, 0.15) is 67.3 Å². The first kappa shape index (κ1) is 13.2. The minimum absolute atomic E-state index is 0.149. The number of nitrogens with zero attached hydrogens (tertiary/aromatic N) is 2. The third-order valence-corrected chi connectivity index (χ3v) is 5.95. The number of carboxylic acids is 1. The van der Waals surface area contributed by atoms with E-state index < -0.39 is 5.97 Å². The predicted octanol–water partition coefficient (Wildman–Crippen LogP) is 3.21. The molecule has 0 amide bonds. The van der Waals surface area contributed by atoms with Gasteiger partial charge in [0.05, 0.1) is 11.3 Å². The van der Waals surface area contributed by atoms with Crippen molar-refractivity contribution in [3.63, 3.8) is 0 Å². The summed E-state index contributed by atoms with van der Waals surface area (Å²) in [6.45, 7) is 1.97. The lowest BCUT2D eigenvalue weighted by molar-refractivity contribution is -0.00954. The minimum Gasteiger partial charge on any atom is -0.478 e. The van der Waals surface area contributed by atoms with Crippen LogP contribution in [0.2, 0.25) is 0 Å². The maximum Gasteiger partial charge on any atom is 0.339 e. The molecule has 0 atom stereocenters. The molecular formula is C17H22N2O2. The van der Waals surface area contributed by atoms with E-state index in [-0.39, 0.29) is 11.0 Å². The smallest absolute Gasteiger partial charge is 0.339 e. The quantitative estimate of drug-likeness (QED) is 0.926. The minimum atomic E-state index is -0.913. The third kappa shape index (κ3) is 1.99. The van der Waals surface area contributed by atoms with Crippen LogP contribution in [0.25, 0.3) is 0 Å². The van der Waals surface area contributed by atoms with Crippen molar-refractivity contribution in [1.29, 1.82) is 0 Å². The molecule has 1 N–H and O–H groups in total. The number of aryl methyl sites for hydroxylation is 1. The van der Waals surface area contributed by atoms with Gasteiger partial charge < -0.3 is 5.11 Å². The lowest BCUT2D eigenvalue weighted by Crippen LogP contribution is -2.49. The molecule has 112 valence electrons. The van der Waals surface area contributed by atoms with E-state index in [4.69, 9.17) is 4.98 Å². The molecule has 0 aliphatic heterocycles. The van der Waals surface area contributed by atoms with Gasteiger partial charge in [-0.15, -0.1) is 0 Å². The Labute approximate surface area is 125 Å². The Morgan fingerprint density at radius 3 is 2.29 bits per heavy atom. The highest BCUT2D eigenvalue weighted by Gasteiger charge is 2.53. The fourth-order valence-electron chi connectivity index (χ4n) is 5.51. The highest BCUT2D eigenvalue weighted by Crippen LogP contribution is 2.60. The summed E-state index contributed by atoms with van der Waals surface area (Å²) in [4.78, 5) is 20.5. The number of hydrogen-bond donors (Lipinski definition) is 1. The number of carbonyl (C=O) groups is 1. The monoisotopic (exact) mass is 286 g/mol. The van der Waals surface area contributed by atoms with Gasteiger partial charge in [0.25, 0.3) is 0 Å². The first-order valence-electron chi connectivity index (χ1n) is 8.19. The predicted molar refractivity (Wildman–Crippen MR) is 78.2 cm³/mol. The molecule has 4 saturated carbocycles. The van der Waals surface area contributed by atoms with E-state index in [0.717, 1.165) is 23.6 Å². The van der Waals surface area contributed by atoms with Gasteiger partial charge >= 0.3 is 5.97 Å². The number of hydrogen-bond acceptors (Lipinski definition) is 3. The lowest BCUT2D eigenvalue weighted by atomic mass is 9.49. The molecule has 21 heavy (non-hydrogen) atoms. The fourth-order valence-corrected chi connectivity index (χ4v) is 5.51. The molecule has 4 aliphatic carbocycles. The van der Waals surface area contributed by atoms with Crippen molar-refractivity contribution >= 4 is 5.97 Å². The van der Waals surface area contributed by atoms with Crippen molar-refractivity contribution in [2.75, 3.05) is 0 Å². The van der Waals surface area contributed by atoms with Crippen molar-refractivity contribution in [2.24, 2.45) is 17.8 Å². The normalized spacial score (nSPS) is 36.9. The van der Waals surface area contributed by atoms with Gasteiger partial charge in [-0.05, 0) is 62.7 Å². The average Bonchev–Trinajstić information content (AvgIpc) is 2.45. The molecule has 1 heterocycles. The van der Waals surface area contributed by atoms with Crippen molar-refractivity contribution in [2.45, 2.75) is 57.3 Å². The third-order valence-electron chi connectivity index (χ3n) is 5.95. The highest BCUT2D eigenvalue weighted by molar-refractivity contribution is 5.88. The standard InChI is InChI=1S/C17H22N2O2/c1-2-14-13(15(20)21)9-18-16(19-14)17-6-10-3-11(7-17)5-12(4-10)8-17/h9-12H,2-8H2,1H3,(H,20,21). The zero-order valence-electron chi connectivity index (χ0n) is 12.5. The molecule has 1 aromatic rings. The SMILES string of the molecule is CCc1nc(C23CC4CC(CC(C4)C2)C3)ncc1C(=O)O. The van der Waals surface area contributed by atoms with Crippen molar-refractivity contribution in [3.8, 4) is 0 Å². The van der Waals surface area contributed by atoms with E-state index in [2.05, 4.69) is 4.98 Å². The van der Waals surface area contributed by atoms with Gasteiger partial charge in [0.15, 0.2) is 0 Å². The van der Waals surface area contributed by atoms with Crippen LogP contribution in [-0.2, 0) is 11.8 Å². The summed E-state index contributed by atoms with van der Waals surface area (Å²) < 4.78 is 0. The topological polar surface area (TPSA) is 63.1 Å². The van der Waals surface area contributed by atoms with E-state index in [1.807, 2.05) is 6.92 Å². The van der Waals surface area contributed by atoms with Crippen molar-refractivity contribution < 1.29 is 9.90 Å². The Kier molecular flexibility index (Phi) is 2.85. The van der Waals surface area contributed by atoms with Crippen LogP contribution in [0.3, 0.4) is 0 Å². The lowest BCUT2D eigenvalue weighted by Gasteiger charge is -2.56. The van der Waals surface area contributed by atoms with Gasteiger partial charge in [0.2, 0.25) is 0 Å². The Bertz CT molecular complexity index is 561. The van der Waals surface area contributed by atoms with Crippen LogP contribution in [-0.4, -0.2) is 21.0 Å². The Morgan fingerprint density at radius 2 is 1.81 bits per heavy atom.